The normalized spacial score (nSPS) is 11.7. The monoisotopic (exact) mass is 235 g/mol. The Morgan fingerprint density at radius 3 is 2.62 bits per heavy atom. The molecule has 0 aliphatic heterocycles. The quantitative estimate of drug-likeness (QED) is 0.824. The molecule has 0 saturated carbocycles. The molecular formula is C11H13N3OS. The summed E-state index contributed by atoms with van der Waals surface area (Å²) in [6.45, 7) is 6.01. The summed E-state index contributed by atoms with van der Waals surface area (Å²) in [7, 11) is 0. The molecule has 0 aliphatic rings. The standard InChI is InChI=1S/C11H13N3OS/c1-11(2,3)9-12-8(13-10(15)14-9)7-5-4-6-16-7/h4-6H,1-3H3,(H,12,13,14,15). The lowest BCUT2D eigenvalue weighted by Crippen LogP contribution is -2.24. The summed E-state index contributed by atoms with van der Waals surface area (Å²) in [5, 5.41) is 1.94. The maximum atomic E-state index is 11.5. The Bertz CT molecular complexity index is 537. The minimum Gasteiger partial charge on any atom is -0.293 e. The average Bonchev–Trinajstić information content (AvgIpc) is 2.68. The van der Waals surface area contributed by atoms with Gasteiger partial charge in [0.05, 0.1) is 4.88 Å². The first-order valence-corrected chi connectivity index (χ1v) is 5.87. The predicted molar refractivity (Wildman–Crippen MR) is 64.7 cm³/mol. The number of nitrogens with one attached hydrogen (secondary N) is 1. The van der Waals surface area contributed by atoms with Gasteiger partial charge in [0.1, 0.15) is 5.82 Å². The summed E-state index contributed by atoms with van der Waals surface area (Å²) in [5.41, 5.74) is -0.531. The van der Waals surface area contributed by atoms with Crippen molar-refractivity contribution in [2.24, 2.45) is 0 Å². The van der Waals surface area contributed by atoms with Gasteiger partial charge in [0.15, 0.2) is 5.82 Å². The SMILES string of the molecule is CC(C)(C)c1nc(-c2cccs2)nc(=O)[nH]1. The summed E-state index contributed by atoms with van der Waals surface area (Å²) < 4.78 is 0. The number of aromatic nitrogens is 3. The van der Waals surface area contributed by atoms with E-state index in [0.717, 1.165) is 4.88 Å². The molecule has 0 aromatic carbocycles. The Kier molecular flexibility index (Phi) is 2.63. The molecule has 2 aromatic rings. The number of H-pyrrole nitrogens is 1. The lowest BCUT2D eigenvalue weighted by atomic mass is 9.96. The van der Waals surface area contributed by atoms with E-state index >= 15 is 0 Å². The second kappa shape index (κ2) is 3.83. The Hall–Kier alpha value is -1.49. The lowest BCUT2D eigenvalue weighted by molar-refractivity contribution is 0.539. The molecule has 16 heavy (non-hydrogen) atoms. The maximum Gasteiger partial charge on any atom is 0.348 e. The van der Waals surface area contributed by atoms with E-state index in [1.807, 2.05) is 38.3 Å². The molecule has 0 radical (unpaired) electrons. The van der Waals surface area contributed by atoms with Gasteiger partial charge in [0, 0.05) is 5.41 Å². The van der Waals surface area contributed by atoms with Crippen molar-refractivity contribution >= 4 is 11.3 Å². The van der Waals surface area contributed by atoms with Gasteiger partial charge >= 0.3 is 5.69 Å². The molecule has 4 nitrogen and oxygen atoms in total. The number of nitrogens with zero attached hydrogens (tertiary/aromatic N) is 2. The predicted octanol–water partition coefficient (Wildman–Crippen LogP) is 2.19. The maximum absolute atomic E-state index is 11.5. The number of thiophene rings is 1. The molecule has 2 rings (SSSR count). The van der Waals surface area contributed by atoms with Crippen molar-refractivity contribution in [3.05, 3.63) is 33.8 Å². The van der Waals surface area contributed by atoms with Crippen LogP contribution in [-0.4, -0.2) is 15.0 Å². The zero-order valence-corrected chi connectivity index (χ0v) is 10.3. The van der Waals surface area contributed by atoms with Crippen LogP contribution in [0.25, 0.3) is 10.7 Å². The first kappa shape index (κ1) is 11.0. The third-order valence-electron chi connectivity index (χ3n) is 2.10. The van der Waals surface area contributed by atoms with E-state index in [1.54, 1.807) is 0 Å². The molecule has 0 spiro atoms. The minimum absolute atomic E-state index is 0.186. The largest absolute Gasteiger partial charge is 0.348 e. The van der Waals surface area contributed by atoms with Gasteiger partial charge in [0.25, 0.3) is 0 Å². The van der Waals surface area contributed by atoms with Crippen LogP contribution < -0.4 is 5.69 Å². The Morgan fingerprint density at radius 2 is 2.06 bits per heavy atom. The first-order chi connectivity index (χ1) is 7.47. The first-order valence-electron chi connectivity index (χ1n) is 4.99. The molecule has 2 aromatic heterocycles. The van der Waals surface area contributed by atoms with Crippen LogP contribution in [0.15, 0.2) is 22.3 Å². The van der Waals surface area contributed by atoms with Crippen molar-refractivity contribution in [2.45, 2.75) is 26.2 Å². The molecule has 84 valence electrons. The van der Waals surface area contributed by atoms with Crippen LogP contribution in [0.5, 0.6) is 0 Å². The molecule has 0 saturated heterocycles. The summed E-state index contributed by atoms with van der Waals surface area (Å²) in [4.78, 5) is 23.3. The van der Waals surface area contributed by atoms with Crippen molar-refractivity contribution in [2.75, 3.05) is 0 Å². The highest BCUT2D eigenvalue weighted by Gasteiger charge is 2.18. The lowest BCUT2D eigenvalue weighted by Gasteiger charge is -2.16. The van der Waals surface area contributed by atoms with Gasteiger partial charge in [0.2, 0.25) is 0 Å². The van der Waals surface area contributed by atoms with Crippen LogP contribution in [0.4, 0.5) is 0 Å². The van der Waals surface area contributed by atoms with Crippen molar-refractivity contribution < 1.29 is 0 Å². The Labute approximate surface area is 97.4 Å². The zero-order chi connectivity index (χ0) is 11.8. The average molecular weight is 235 g/mol. The minimum atomic E-state index is -0.344. The van der Waals surface area contributed by atoms with Crippen LogP contribution in [-0.2, 0) is 5.41 Å². The van der Waals surface area contributed by atoms with E-state index in [1.165, 1.54) is 11.3 Å². The highest BCUT2D eigenvalue weighted by molar-refractivity contribution is 7.13. The summed E-state index contributed by atoms with van der Waals surface area (Å²) in [5.74, 6) is 1.17. The molecule has 2 heterocycles. The van der Waals surface area contributed by atoms with E-state index in [-0.39, 0.29) is 11.1 Å². The van der Waals surface area contributed by atoms with E-state index in [2.05, 4.69) is 15.0 Å². The van der Waals surface area contributed by atoms with Gasteiger partial charge in [-0.1, -0.05) is 26.8 Å². The smallest absolute Gasteiger partial charge is 0.293 e. The number of aromatic amines is 1. The highest BCUT2D eigenvalue weighted by Crippen LogP contribution is 2.22. The fourth-order valence-corrected chi connectivity index (χ4v) is 1.91. The molecule has 0 bridgehead atoms. The van der Waals surface area contributed by atoms with Crippen LogP contribution in [0.3, 0.4) is 0 Å². The molecular weight excluding hydrogens is 222 g/mol. The molecule has 0 aliphatic carbocycles. The number of rotatable bonds is 1. The van der Waals surface area contributed by atoms with Gasteiger partial charge in [-0.3, -0.25) is 4.98 Å². The third kappa shape index (κ3) is 2.19. The Morgan fingerprint density at radius 1 is 1.31 bits per heavy atom. The second-order valence-electron chi connectivity index (χ2n) is 4.55. The van der Waals surface area contributed by atoms with Crippen LogP contribution >= 0.6 is 11.3 Å². The third-order valence-corrected chi connectivity index (χ3v) is 2.97. The van der Waals surface area contributed by atoms with Crippen LogP contribution in [0, 0.1) is 0 Å². The van der Waals surface area contributed by atoms with Crippen LogP contribution in [0.1, 0.15) is 26.6 Å². The van der Waals surface area contributed by atoms with Gasteiger partial charge in [-0.2, -0.15) is 4.98 Å². The summed E-state index contributed by atoms with van der Waals surface area (Å²) in [6, 6.07) is 3.83. The molecule has 1 N–H and O–H groups in total. The van der Waals surface area contributed by atoms with Crippen molar-refractivity contribution in [1.29, 1.82) is 0 Å². The van der Waals surface area contributed by atoms with Crippen LogP contribution in [0.2, 0.25) is 0 Å². The van der Waals surface area contributed by atoms with Gasteiger partial charge in [-0.15, -0.1) is 11.3 Å². The fourth-order valence-electron chi connectivity index (χ4n) is 1.26. The van der Waals surface area contributed by atoms with Crippen molar-refractivity contribution in [1.82, 2.24) is 15.0 Å². The topological polar surface area (TPSA) is 58.6 Å². The molecule has 0 fully saturated rings. The highest BCUT2D eigenvalue weighted by atomic mass is 32.1. The van der Waals surface area contributed by atoms with Gasteiger partial charge in [-0.05, 0) is 11.4 Å². The van der Waals surface area contributed by atoms with Crippen molar-refractivity contribution in [3.8, 4) is 10.7 Å². The zero-order valence-electron chi connectivity index (χ0n) is 9.44. The fraction of sp³-hybridized carbons (Fsp3) is 0.364. The van der Waals surface area contributed by atoms with E-state index in [9.17, 15) is 4.79 Å². The van der Waals surface area contributed by atoms with E-state index in [0.29, 0.717) is 11.6 Å². The summed E-state index contributed by atoms with van der Waals surface area (Å²) >= 11 is 1.53. The number of hydrogen-bond acceptors (Lipinski definition) is 4. The second-order valence-corrected chi connectivity index (χ2v) is 5.50. The molecule has 0 unspecified atom stereocenters. The van der Waals surface area contributed by atoms with E-state index < -0.39 is 0 Å². The molecule has 5 heteroatoms. The van der Waals surface area contributed by atoms with Gasteiger partial charge in [-0.25, -0.2) is 9.78 Å². The molecule has 0 atom stereocenters. The summed E-state index contributed by atoms with van der Waals surface area (Å²) in [6.07, 6.45) is 0. The Balaban J connectivity index is 2.57. The molecule has 0 amide bonds. The number of hydrogen-bond donors (Lipinski definition) is 1. The van der Waals surface area contributed by atoms with E-state index in [4.69, 9.17) is 0 Å². The van der Waals surface area contributed by atoms with Gasteiger partial charge < -0.3 is 0 Å². The van der Waals surface area contributed by atoms with Crippen molar-refractivity contribution in [3.63, 3.8) is 0 Å².